The molecule has 0 heterocycles. The fraction of sp³-hybridized carbons (Fsp3) is 0.455. The fourth-order valence-corrected chi connectivity index (χ4v) is 0.937. The van der Waals surface area contributed by atoms with Crippen molar-refractivity contribution in [3.63, 3.8) is 0 Å². The second kappa shape index (κ2) is 5.64. The number of phenolic OH excluding ortho intramolecular Hbond substituents is 1. The van der Waals surface area contributed by atoms with Gasteiger partial charge in [0.2, 0.25) is 0 Å². The van der Waals surface area contributed by atoms with E-state index < -0.39 is 0 Å². The van der Waals surface area contributed by atoms with Gasteiger partial charge in [0.05, 0.1) is 0 Å². The smallest absolute Gasteiger partial charge is 0.118 e. The Morgan fingerprint density at radius 1 is 1.25 bits per heavy atom. The molecule has 12 heavy (non-hydrogen) atoms. The molecule has 0 aliphatic heterocycles. The van der Waals surface area contributed by atoms with E-state index in [-0.39, 0.29) is 0 Å². The molecular weight excluding hydrogens is 148 g/mol. The predicted molar refractivity (Wildman–Crippen MR) is 53.6 cm³/mol. The van der Waals surface area contributed by atoms with Crippen LogP contribution >= 0.6 is 0 Å². The van der Waals surface area contributed by atoms with Crippen LogP contribution in [0.5, 0.6) is 5.75 Å². The summed E-state index contributed by atoms with van der Waals surface area (Å²) in [5.74, 6) is 0.386. The summed E-state index contributed by atoms with van der Waals surface area (Å²) >= 11 is 0. The second-order valence-corrected chi connectivity index (χ2v) is 2.47. The van der Waals surface area contributed by atoms with Crippen LogP contribution in [0, 0.1) is 6.92 Å². The first-order chi connectivity index (χ1) is 5.74. The summed E-state index contributed by atoms with van der Waals surface area (Å²) in [7, 11) is 0. The van der Waals surface area contributed by atoms with Crippen molar-refractivity contribution in [1.29, 1.82) is 0 Å². The Kier molecular flexibility index (Phi) is 5.18. The molecule has 1 aromatic rings. The first-order valence-electron chi connectivity index (χ1n) is 4.52. The van der Waals surface area contributed by atoms with E-state index in [9.17, 15) is 0 Å². The van der Waals surface area contributed by atoms with Crippen molar-refractivity contribution in [2.45, 2.75) is 34.1 Å². The van der Waals surface area contributed by atoms with Gasteiger partial charge in [-0.25, -0.2) is 0 Å². The second-order valence-electron chi connectivity index (χ2n) is 2.47. The van der Waals surface area contributed by atoms with E-state index in [4.69, 9.17) is 5.11 Å². The average Bonchev–Trinajstić information content (AvgIpc) is 2.13. The highest BCUT2D eigenvalue weighted by Crippen LogP contribution is 2.16. The molecule has 1 nitrogen and oxygen atoms in total. The minimum atomic E-state index is 0.386. The summed E-state index contributed by atoms with van der Waals surface area (Å²) in [4.78, 5) is 0. The number of rotatable bonds is 1. The van der Waals surface area contributed by atoms with Crippen LogP contribution in [0.3, 0.4) is 0 Å². The lowest BCUT2D eigenvalue weighted by Gasteiger charge is -1.99. The van der Waals surface area contributed by atoms with Gasteiger partial charge in [-0.2, -0.15) is 0 Å². The lowest BCUT2D eigenvalue weighted by atomic mass is 10.1. The van der Waals surface area contributed by atoms with Gasteiger partial charge in [0.1, 0.15) is 5.75 Å². The van der Waals surface area contributed by atoms with E-state index >= 15 is 0 Å². The van der Waals surface area contributed by atoms with Gasteiger partial charge in [-0.3, -0.25) is 0 Å². The van der Waals surface area contributed by atoms with Crippen LogP contribution < -0.4 is 0 Å². The highest BCUT2D eigenvalue weighted by atomic mass is 16.3. The molecule has 0 bridgehead atoms. The lowest BCUT2D eigenvalue weighted by molar-refractivity contribution is 0.471. The summed E-state index contributed by atoms with van der Waals surface area (Å²) < 4.78 is 0. The van der Waals surface area contributed by atoms with Crippen LogP contribution in [-0.2, 0) is 6.42 Å². The maximum absolute atomic E-state index is 9.14. The average molecular weight is 166 g/mol. The van der Waals surface area contributed by atoms with Crippen LogP contribution in [0.1, 0.15) is 31.9 Å². The van der Waals surface area contributed by atoms with E-state index in [1.807, 2.05) is 32.9 Å². The van der Waals surface area contributed by atoms with Gasteiger partial charge in [-0.1, -0.05) is 32.9 Å². The maximum Gasteiger partial charge on any atom is 0.118 e. The Hall–Kier alpha value is -0.980. The summed E-state index contributed by atoms with van der Waals surface area (Å²) in [5.41, 5.74) is 2.23. The molecule has 1 N–H and O–H groups in total. The van der Waals surface area contributed by atoms with E-state index in [2.05, 4.69) is 6.92 Å². The predicted octanol–water partition coefficient (Wildman–Crippen LogP) is 3.29. The topological polar surface area (TPSA) is 20.2 Å². The Morgan fingerprint density at radius 3 is 2.25 bits per heavy atom. The van der Waals surface area contributed by atoms with Crippen LogP contribution in [0.15, 0.2) is 18.2 Å². The molecule has 0 saturated carbocycles. The SMILES string of the molecule is CC.CCc1ccc(O)c(C)c1. The van der Waals surface area contributed by atoms with E-state index in [0.717, 1.165) is 12.0 Å². The normalized spacial score (nSPS) is 8.67. The fourth-order valence-electron chi connectivity index (χ4n) is 0.937. The molecule has 0 atom stereocenters. The number of aromatic hydroxyl groups is 1. The highest BCUT2D eigenvalue weighted by molar-refractivity contribution is 5.34. The molecule has 0 radical (unpaired) electrons. The minimum Gasteiger partial charge on any atom is -0.508 e. The first kappa shape index (κ1) is 11.0. The third-order valence-corrected chi connectivity index (χ3v) is 1.67. The largest absolute Gasteiger partial charge is 0.508 e. The number of aryl methyl sites for hydroxylation is 2. The van der Waals surface area contributed by atoms with Gasteiger partial charge < -0.3 is 5.11 Å². The zero-order chi connectivity index (χ0) is 9.56. The molecule has 1 heteroatoms. The molecule has 68 valence electrons. The molecule has 0 aromatic heterocycles. The van der Waals surface area contributed by atoms with Crippen LogP contribution in [0.2, 0.25) is 0 Å². The van der Waals surface area contributed by atoms with Crippen LogP contribution in [0.25, 0.3) is 0 Å². The third kappa shape index (κ3) is 2.95. The van der Waals surface area contributed by atoms with Gasteiger partial charge in [-0.05, 0) is 30.5 Å². The van der Waals surface area contributed by atoms with Gasteiger partial charge in [0, 0.05) is 0 Å². The third-order valence-electron chi connectivity index (χ3n) is 1.67. The number of benzene rings is 1. The molecule has 0 aliphatic rings. The Balaban J connectivity index is 0.000000561. The molecule has 0 saturated heterocycles. The monoisotopic (exact) mass is 166 g/mol. The molecule has 1 aromatic carbocycles. The summed E-state index contributed by atoms with van der Waals surface area (Å²) in [6.07, 6.45) is 1.03. The quantitative estimate of drug-likeness (QED) is 0.678. The number of hydrogen-bond acceptors (Lipinski definition) is 1. The summed E-state index contributed by atoms with van der Waals surface area (Å²) in [5, 5.41) is 9.14. The highest BCUT2D eigenvalue weighted by Gasteiger charge is 1.94. The van der Waals surface area contributed by atoms with E-state index in [0.29, 0.717) is 5.75 Å². The maximum atomic E-state index is 9.14. The molecule has 1 rings (SSSR count). The van der Waals surface area contributed by atoms with E-state index in [1.54, 1.807) is 6.07 Å². The summed E-state index contributed by atoms with van der Waals surface area (Å²) in [6.45, 7) is 8.01. The molecule has 0 amide bonds. The van der Waals surface area contributed by atoms with Crippen LogP contribution in [-0.4, -0.2) is 5.11 Å². The Bertz CT molecular complexity index is 228. The van der Waals surface area contributed by atoms with Crippen molar-refractivity contribution in [2.75, 3.05) is 0 Å². The van der Waals surface area contributed by atoms with Crippen LogP contribution in [0.4, 0.5) is 0 Å². The Morgan fingerprint density at radius 2 is 1.83 bits per heavy atom. The van der Waals surface area contributed by atoms with Crippen molar-refractivity contribution in [1.82, 2.24) is 0 Å². The van der Waals surface area contributed by atoms with Crippen molar-refractivity contribution in [3.05, 3.63) is 29.3 Å². The van der Waals surface area contributed by atoms with Crippen molar-refractivity contribution in [3.8, 4) is 5.75 Å². The molecule has 0 fully saturated rings. The van der Waals surface area contributed by atoms with Crippen molar-refractivity contribution < 1.29 is 5.11 Å². The molecule has 0 spiro atoms. The zero-order valence-corrected chi connectivity index (χ0v) is 8.39. The lowest BCUT2D eigenvalue weighted by Crippen LogP contribution is -1.80. The zero-order valence-electron chi connectivity index (χ0n) is 8.39. The van der Waals surface area contributed by atoms with Gasteiger partial charge in [0.15, 0.2) is 0 Å². The molecule has 0 aliphatic carbocycles. The molecule has 0 unspecified atom stereocenters. The number of phenols is 1. The van der Waals surface area contributed by atoms with Gasteiger partial charge in [0.25, 0.3) is 0 Å². The van der Waals surface area contributed by atoms with Gasteiger partial charge >= 0.3 is 0 Å². The summed E-state index contributed by atoms with van der Waals surface area (Å²) in [6, 6.07) is 5.70. The van der Waals surface area contributed by atoms with Gasteiger partial charge in [-0.15, -0.1) is 0 Å². The van der Waals surface area contributed by atoms with Crippen molar-refractivity contribution >= 4 is 0 Å². The first-order valence-corrected chi connectivity index (χ1v) is 4.52. The van der Waals surface area contributed by atoms with E-state index in [1.165, 1.54) is 5.56 Å². The number of hydrogen-bond donors (Lipinski definition) is 1. The molecular formula is C11H18O. The Labute approximate surface area is 75.1 Å². The minimum absolute atomic E-state index is 0.386. The standard InChI is InChI=1S/C9H12O.C2H6/c1-3-8-4-5-9(10)7(2)6-8;1-2/h4-6,10H,3H2,1-2H3;1-2H3. The van der Waals surface area contributed by atoms with Crippen molar-refractivity contribution in [2.24, 2.45) is 0 Å².